The third-order valence-corrected chi connectivity index (χ3v) is 5.01. The zero-order valence-electron chi connectivity index (χ0n) is 12.6. The van der Waals surface area contributed by atoms with Gasteiger partial charge >= 0.3 is 0 Å². The molecule has 0 spiro atoms. The van der Waals surface area contributed by atoms with Crippen LogP contribution in [0.2, 0.25) is 0 Å². The van der Waals surface area contributed by atoms with Gasteiger partial charge in [0.15, 0.2) is 15.7 Å². The molecule has 0 aliphatic carbocycles. The average molecular weight is 322 g/mol. The van der Waals surface area contributed by atoms with Crippen molar-refractivity contribution in [1.29, 1.82) is 0 Å². The number of ether oxygens (including phenoxy) is 1. The van der Waals surface area contributed by atoms with Gasteiger partial charge in [0.1, 0.15) is 0 Å². The summed E-state index contributed by atoms with van der Waals surface area (Å²) in [5, 5.41) is 3.99. The van der Waals surface area contributed by atoms with Gasteiger partial charge in [-0.2, -0.15) is 4.98 Å². The molecular formula is C15H18N2O4S. The van der Waals surface area contributed by atoms with Crippen LogP contribution in [0.25, 0.3) is 11.5 Å². The minimum absolute atomic E-state index is 0.154. The fourth-order valence-corrected chi connectivity index (χ4v) is 3.61. The van der Waals surface area contributed by atoms with Crippen molar-refractivity contribution in [3.63, 3.8) is 0 Å². The van der Waals surface area contributed by atoms with E-state index in [4.69, 9.17) is 9.26 Å². The molecule has 1 aliphatic rings. The highest BCUT2D eigenvalue weighted by molar-refractivity contribution is 7.90. The second kappa shape index (κ2) is 5.81. The number of hydrogen-bond donors (Lipinski definition) is 0. The van der Waals surface area contributed by atoms with Crippen LogP contribution in [-0.2, 0) is 21.0 Å². The van der Waals surface area contributed by atoms with Crippen LogP contribution in [0, 0.1) is 0 Å². The smallest absolute Gasteiger partial charge is 0.257 e. The Balaban J connectivity index is 1.98. The van der Waals surface area contributed by atoms with Gasteiger partial charge in [0, 0.05) is 24.3 Å². The second-order valence-electron chi connectivity index (χ2n) is 5.47. The predicted molar refractivity (Wildman–Crippen MR) is 80.4 cm³/mol. The zero-order valence-corrected chi connectivity index (χ0v) is 13.4. The molecule has 1 saturated heterocycles. The highest BCUT2D eigenvalue weighted by Crippen LogP contribution is 2.28. The van der Waals surface area contributed by atoms with Crippen molar-refractivity contribution < 1.29 is 17.7 Å². The summed E-state index contributed by atoms with van der Waals surface area (Å²) in [6.45, 7) is 3.23. The first-order valence-corrected chi connectivity index (χ1v) is 9.13. The van der Waals surface area contributed by atoms with Crippen LogP contribution in [0.4, 0.5) is 0 Å². The normalized spacial score (nSPS) is 18.7. The first-order chi connectivity index (χ1) is 10.5. The van der Waals surface area contributed by atoms with Crippen molar-refractivity contribution in [3.8, 4) is 11.5 Å². The van der Waals surface area contributed by atoms with E-state index in [1.807, 2.05) is 13.0 Å². The molecule has 118 valence electrons. The number of benzene rings is 1. The van der Waals surface area contributed by atoms with E-state index in [-0.39, 0.29) is 5.92 Å². The molecule has 1 atom stereocenters. The van der Waals surface area contributed by atoms with Gasteiger partial charge < -0.3 is 9.26 Å². The average Bonchev–Trinajstić information content (AvgIpc) is 3.16. The molecule has 1 fully saturated rings. The van der Waals surface area contributed by atoms with Crippen molar-refractivity contribution in [2.24, 2.45) is 0 Å². The van der Waals surface area contributed by atoms with Crippen LogP contribution in [0.3, 0.4) is 0 Å². The maximum Gasteiger partial charge on any atom is 0.257 e. The number of aryl methyl sites for hydroxylation is 1. The van der Waals surface area contributed by atoms with Gasteiger partial charge in [-0.15, -0.1) is 0 Å². The highest BCUT2D eigenvalue weighted by atomic mass is 32.2. The van der Waals surface area contributed by atoms with Gasteiger partial charge in [-0.3, -0.25) is 0 Å². The second-order valence-corrected chi connectivity index (χ2v) is 7.45. The molecule has 0 amide bonds. The molecule has 6 nitrogen and oxygen atoms in total. The monoisotopic (exact) mass is 322 g/mol. The summed E-state index contributed by atoms with van der Waals surface area (Å²) in [6.07, 6.45) is 2.74. The van der Waals surface area contributed by atoms with E-state index in [1.165, 1.54) is 6.26 Å². The van der Waals surface area contributed by atoms with E-state index in [0.717, 1.165) is 12.0 Å². The lowest BCUT2D eigenvalue weighted by Crippen LogP contribution is -2.02. The van der Waals surface area contributed by atoms with Gasteiger partial charge in [0.25, 0.3) is 5.89 Å². The van der Waals surface area contributed by atoms with Gasteiger partial charge in [0.05, 0.1) is 11.5 Å². The molecule has 0 bridgehead atoms. The molecule has 1 aromatic heterocycles. The lowest BCUT2D eigenvalue weighted by molar-refractivity contribution is 0.192. The topological polar surface area (TPSA) is 82.3 Å². The van der Waals surface area contributed by atoms with E-state index in [0.29, 0.717) is 41.8 Å². The molecule has 0 N–H and O–H groups in total. The highest BCUT2D eigenvalue weighted by Gasteiger charge is 2.24. The van der Waals surface area contributed by atoms with E-state index >= 15 is 0 Å². The van der Waals surface area contributed by atoms with Crippen LogP contribution in [-0.4, -0.2) is 38.0 Å². The fourth-order valence-electron chi connectivity index (χ4n) is 2.58. The van der Waals surface area contributed by atoms with Crippen molar-refractivity contribution in [2.75, 3.05) is 19.5 Å². The molecule has 1 aromatic carbocycles. The molecule has 1 aliphatic heterocycles. The predicted octanol–water partition coefficient (Wildman–Crippen LogP) is 2.21. The number of nitrogens with zero attached hydrogens (tertiary/aromatic N) is 2. The summed E-state index contributed by atoms with van der Waals surface area (Å²) in [5.41, 5.74) is 1.41. The SMILES string of the molecule is CCc1ccc(-c2nc([C@@H]3CCOC3)no2)cc1S(C)(=O)=O. The summed E-state index contributed by atoms with van der Waals surface area (Å²) in [7, 11) is -3.29. The van der Waals surface area contributed by atoms with Crippen LogP contribution >= 0.6 is 0 Å². The Labute approximate surface area is 129 Å². The summed E-state index contributed by atoms with van der Waals surface area (Å²) in [6, 6.07) is 5.22. The van der Waals surface area contributed by atoms with Crippen molar-refractivity contribution in [3.05, 3.63) is 29.6 Å². The zero-order chi connectivity index (χ0) is 15.7. The fraction of sp³-hybridized carbons (Fsp3) is 0.467. The number of sulfone groups is 1. The lowest BCUT2D eigenvalue weighted by atomic mass is 10.1. The van der Waals surface area contributed by atoms with Crippen molar-refractivity contribution in [2.45, 2.75) is 30.6 Å². The summed E-state index contributed by atoms with van der Waals surface area (Å²) < 4.78 is 34.5. The minimum atomic E-state index is -3.29. The summed E-state index contributed by atoms with van der Waals surface area (Å²) in [5.74, 6) is 1.12. The molecule has 0 saturated carbocycles. The molecule has 7 heteroatoms. The molecular weight excluding hydrogens is 304 g/mol. The van der Waals surface area contributed by atoms with E-state index < -0.39 is 9.84 Å². The Morgan fingerprint density at radius 1 is 1.36 bits per heavy atom. The molecule has 0 radical (unpaired) electrons. The minimum Gasteiger partial charge on any atom is -0.381 e. The van der Waals surface area contributed by atoms with Gasteiger partial charge in [-0.1, -0.05) is 18.1 Å². The van der Waals surface area contributed by atoms with Gasteiger partial charge in [-0.05, 0) is 30.5 Å². The van der Waals surface area contributed by atoms with Gasteiger partial charge in [0.2, 0.25) is 0 Å². The van der Waals surface area contributed by atoms with Crippen LogP contribution < -0.4 is 0 Å². The summed E-state index contributed by atoms with van der Waals surface area (Å²) in [4.78, 5) is 4.70. The number of aromatic nitrogens is 2. The summed E-state index contributed by atoms with van der Waals surface area (Å²) >= 11 is 0. The Morgan fingerprint density at radius 2 is 2.18 bits per heavy atom. The Hall–Kier alpha value is -1.73. The number of hydrogen-bond acceptors (Lipinski definition) is 6. The lowest BCUT2D eigenvalue weighted by Gasteiger charge is -2.07. The molecule has 3 rings (SSSR count). The van der Waals surface area contributed by atoms with Crippen molar-refractivity contribution >= 4 is 9.84 Å². The molecule has 2 aromatic rings. The van der Waals surface area contributed by atoms with Gasteiger partial charge in [-0.25, -0.2) is 8.42 Å². The quantitative estimate of drug-likeness (QED) is 0.858. The molecule has 0 unspecified atom stereocenters. The Kier molecular flexibility index (Phi) is 4.01. The molecule has 22 heavy (non-hydrogen) atoms. The Bertz CT molecular complexity index is 777. The van der Waals surface area contributed by atoms with Crippen molar-refractivity contribution in [1.82, 2.24) is 10.1 Å². The maximum atomic E-state index is 11.9. The standard InChI is InChI=1S/C15H18N2O4S/c1-3-10-4-5-11(8-13(10)22(2,18)19)15-16-14(17-21-15)12-6-7-20-9-12/h4-5,8,12H,3,6-7,9H2,1-2H3/t12-/m1/s1. The van der Waals surface area contributed by atoms with E-state index in [2.05, 4.69) is 10.1 Å². The first-order valence-electron chi connectivity index (χ1n) is 7.23. The van der Waals surface area contributed by atoms with Crippen LogP contribution in [0.5, 0.6) is 0 Å². The third-order valence-electron chi connectivity index (χ3n) is 3.83. The number of rotatable bonds is 4. The third kappa shape index (κ3) is 2.91. The van der Waals surface area contributed by atoms with E-state index in [1.54, 1.807) is 12.1 Å². The first kappa shape index (κ1) is 15.2. The van der Waals surface area contributed by atoms with E-state index in [9.17, 15) is 8.42 Å². The van der Waals surface area contributed by atoms with Crippen LogP contribution in [0.1, 0.15) is 30.7 Å². The van der Waals surface area contributed by atoms with Crippen LogP contribution in [0.15, 0.2) is 27.6 Å². The Morgan fingerprint density at radius 3 is 2.82 bits per heavy atom. The largest absolute Gasteiger partial charge is 0.381 e. The molecule has 2 heterocycles. The maximum absolute atomic E-state index is 11.9.